The van der Waals surface area contributed by atoms with Crippen molar-refractivity contribution in [1.82, 2.24) is 9.97 Å². The van der Waals surface area contributed by atoms with Crippen molar-refractivity contribution in [3.63, 3.8) is 0 Å². The highest BCUT2D eigenvalue weighted by atomic mass is 16.2. The highest BCUT2D eigenvalue weighted by molar-refractivity contribution is 5.92. The van der Waals surface area contributed by atoms with Gasteiger partial charge in [0.05, 0.1) is 0 Å². The first kappa shape index (κ1) is 13.8. The Balaban J connectivity index is 1.85. The number of amides is 2. The number of rotatable bonds is 4. The second-order valence-corrected chi connectivity index (χ2v) is 4.77. The van der Waals surface area contributed by atoms with Gasteiger partial charge in [-0.15, -0.1) is 0 Å². The van der Waals surface area contributed by atoms with Crippen LogP contribution < -0.4 is 16.4 Å². The zero-order valence-corrected chi connectivity index (χ0v) is 11.8. The molecule has 1 aromatic carbocycles. The Morgan fingerprint density at radius 3 is 2.77 bits per heavy atom. The summed E-state index contributed by atoms with van der Waals surface area (Å²) in [6.45, 7) is 0.638. The molecule has 2 amide bonds. The van der Waals surface area contributed by atoms with Crippen LogP contribution in [0.2, 0.25) is 0 Å². The van der Waals surface area contributed by atoms with E-state index >= 15 is 0 Å². The Kier molecular flexibility index (Phi) is 3.82. The van der Waals surface area contributed by atoms with Gasteiger partial charge >= 0.3 is 6.03 Å². The molecule has 6 nitrogen and oxygen atoms in total. The predicted octanol–water partition coefficient (Wildman–Crippen LogP) is 2.73. The number of hydrogen-bond acceptors (Lipinski definition) is 4. The lowest BCUT2D eigenvalue weighted by Crippen LogP contribution is -2.19. The van der Waals surface area contributed by atoms with Gasteiger partial charge in [0, 0.05) is 24.3 Å². The minimum Gasteiger partial charge on any atom is -0.366 e. The van der Waals surface area contributed by atoms with Crippen LogP contribution >= 0.6 is 0 Å². The van der Waals surface area contributed by atoms with Gasteiger partial charge in [-0.3, -0.25) is 5.32 Å². The molecule has 0 aliphatic carbocycles. The maximum atomic E-state index is 10.9. The van der Waals surface area contributed by atoms with Gasteiger partial charge in [-0.05, 0) is 29.1 Å². The van der Waals surface area contributed by atoms with Gasteiger partial charge in [0.2, 0.25) is 0 Å². The van der Waals surface area contributed by atoms with Crippen LogP contribution in [0.25, 0.3) is 10.8 Å². The molecule has 4 N–H and O–H groups in total. The van der Waals surface area contributed by atoms with Crippen molar-refractivity contribution >= 4 is 28.4 Å². The quantitative estimate of drug-likeness (QED) is 0.689. The number of nitrogens with one attached hydrogen (secondary N) is 2. The van der Waals surface area contributed by atoms with E-state index in [-0.39, 0.29) is 0 Å². The highest BCUT2D eigenvalue weighted by Crippen LogP contribution is 2.21. The van der Waals surface area contributed by atoms with Crippen molar-refractivity contribution in [2.45, 2.75) is 6.54 Å². The van der Waals surface area contributed by atoms with Gasteiger partial charge < -0.3 is 11.1 Å². The third-order valence-corrected chi connectivity index (χ3v) is 3.23. The van der Waals surface area contributed by atoms with Crippen LogP contribution in [0.4, 0.5) is 16.4 Å². The summed E-state index contributed by atoms with van der Waals surface area (Å²) in [6.07, 6.45) is 3.48. The largest absolute Gasteiger partial charge is 0.366 e. The first-order valence-corrected chi connectivity index (χ1v) is 6.81. The zero-order chi connectivity index (χ0) is 15.4. The molecule has 3 rings (SSSR count). The summed E-state index contributed by atoms with van der Waals surface area (Å²) >= 11 is 0. The summed E-state index contributed by atoms with van der Waals surface area (Å²) in [5, 5.41) is 7.75. The third-order valence-electron chi connectivity index (χ3n) is 3.23. The van der Waals surface area contributed by atoms with Gasteiger partial charge in [0.15, 0.2) is 0 Å². The molecule has 0 aliphatic rings. The number of benzene rings is 1. The summed E-state index contributed by atoms with van der Waals surface area (Å²) in [5.74, 6) is 1.26. The van der Waals surface area contributed by atoms with Gasteiger partial charge in [-0.2, -0.15) is 0 Å². The topological polar surface area (TPSA) is 92.9 Å². The summed E-state index contributed by atoms with van der Waals surface area (Å²) in [6, 6.07) is 12.9. The number of hydrogen-bond donors (Lipinski definition) is 3. The fraction of sp³-hybridized carbons (Fsp3) is 0.0625. The molecule has 0 fully saturated rings. The van der Waals surface area contributed by atoms with Gasteiger partial charge in [-0.1, -0.05) is 24.3 Å². The Hall–Kier alpha value is -3.15. The molecular formula is C16H15N5O. The van der Waals surface area contributed by atoms with Gasteiger partial charge in [0.25, 0.3) is 0 Å². The molecular weight excluding hydrogens is 278 g/mol. The van der Waals surface area contributed by atoms with Crippen molar-refractivity contribution < 1.29 is 4.79 Å². The standard InChI is InChI=1S/C16H15N5O/c17-16(22)21-15-8-11-4-3-5-12(13(11)10-20-15)9-19-14-6-1-2-7-18-14/h1-8,10H,9H2,(H,18,19)(H3,17,20,21,22). The number of primary amides is 1. The number of nitrogens with two attached hydrogens (primary N) is 1. The number of fused-ring (bicyclic) bond motifs is 1. The molecule has 2 aromatic heterocycles. The van der Waals surface area contributed by atoms with Crippen molar-refractivity contribution in [3.8, 4) is 0 Å². The number of carbonyl (C=O) groups is 1. The maximum absolute atomic E-state index is 10.9. The van der Waals surface area contributed by atoms with E-state index in [2.05, 4.69) is 20.6 Å². The predicted molar refractivity (Wildman–Crippen MR) is 86.5 cm³/mol. The van der Waals surface area contributed by atoms with Crippen LogP contribution in [0.5, 0.6) is 0 Å². The number of pyridine rings is 2. The molecule has 3 aromatic rings. The third kappa shape index (κ3) is 3.12. The minimum absolute atomic E-state index is 0.440. The summed E-state index contributed by atoms with van der Waals surface area (Å²) in [4.78, 5) is 19.3. The average molecular weight is 293 g/mol. The molecule has 0 atom stereocenters. The maximum Gasteiger partial charge on any atom is 0.317 e. The molecule has 22 heavy (non-hydrogen) atoms. The number of anilines is 2. The molecule has 0 saturated carbocycles. The smallest absolute Gasteiger partial charge is 0.317 e. The van der Waals surface area contributed by atoms with Crippen LogP contribution in [0, 0.1) is 0 Å². The first-order chi connectivity index (χ1) is 10.7. The summed E-state index contributed by atoms with van der Waals surface area (Å²) < 4.78 is 0. The van der Waals surface area contributed by atoms with Gasteiger partial charge in [0.1, 0.15) is 11.6 Å². The second kappa shape index (κ2) is 6.09. The van der Waals surface area contributed by atoms with Gasteiger partial charge in [-0.25, -0.2) is 14.8 Å². The fourth-order valence-corrected chi connectivity index (χ4v) is 2.24. The monoisotopic (exact) mass is 293 g/mol. The van der Waals surface area contributed by atoms with E-state index in [4.69, 9.17) is 5.73 Å². The van der Waals surface area contributed by atoms with Crippen molar-refractivity contribution in [1.29, 1.82) is 0 Å². The average Bonchev–Trinajstić information content (AvgIpc) is 2.53. The molecule has 0 spiro atoms. The van der Waals surface area contributed by atoms with Crippen LogP contribution in [0.1, 0.15) is 5.56 Å². The molecule has 0 unspecified atom stereocenters. The lowest BCUT2D eigenvalue weighted by Gasteiger charge is -2.09. The number of aromatic nitrogens is 2. The van der Waals surface area contributed by atoms with Crippen molar-refractivity contribution in [3.05, 3.63) is 60.4 Å². The summed E-state index contributed by atoms with van der Waals surface area (Å²) in [5.41, 5.74) is 6.20. The molecule has 2 heterocycles. The number of nitrogens with zero attached hydrogens (tertiary/aromatic N) is 2. The number of carbonyl (C=O) groups excluding carboxylic acids is 1. The number of urea groups is 1. The van der Waals surface area contributed by atoms with E-state index in [1.54, 1.807) is 18.5 Å². The molecule has 6 heteroatoms. The molecule has 0 radical (unpaired) electrons. The highest BCUT2D eigenvalue weighted by Gasteiger charge is 2.04. The second-order valence-electron chi connectivity index (χ2n) is 4.77. The normalized spacial score (nSPS) is 10.4. The lowest BCUT2D eigenvalue weighted by atomic mass is 10.1. The van der Waals surface area contributed by atoms with Crippen LogP contribution in [0.3, 0.4) is 0 Å². The Morgan fingerprint density at radius 1 is 1.09 bits per heavy atom. The Bertz CT molecular complexity index is 804. The molecule has 0 aliphatic heterocycles. The summed E-state index contributed by atoms with van der Waals surface area (Å²) in [7, 11) is 0. The first-order valence-electron chi connectivity index (χ1n) is 6.81. The van der Waals surface area contributed by atoms with Crippen molar-refractivity contribution in [2.75, 3.05) is 10.6 Å². The van der Waals surface area contributed by atoms with E-state index in [1.807, 2.05) is 36.4 Å². The Morgan fingerprint density at radius 2 is 2.00 bits per heavy atom. The Labute approximate surface area is 127 Å². The van der Waals surface area contributed by atoms with E-state index in [1.165, 1.54) is 0 Å². The van der Waals surface area contributed by atoms with E-state index < -0.39 is 6.03 Å². The minimum atomic E-state index is -0.625. The van der Waals surface area contributed by atoms with Crippen LogP contribution in [0.15, 0.2) is 54.9 Å². The van der Waals surface area contributed by atoms with E-state index in [9.17, 15) is 4.79 Å². The van der Waals surface area contributed by atoms with Crippen molar-refractivity contribution in [2.24, 2.45) is 5.73 Å². The lowest BCUT2D eigenvalue weighted by molar-refractivity contribution is 0.259. The molecule has 0 bridgehead atoms. The van der Waals surface area contributed by atoms with Crippen LogP contribution in [-0.2, 0) is 6.54 Å². The fourth-order valence-electron chi connectivity index (χ4n) is 2.24. The van der Waals surface area contributed by atoms with E-state index in [0.717, 1.165) is 22.2 Å². The van der Waals surface area contributed by atoms with E-state index in [0.29, 0.717) is 12.4 Å². The molecule has 0 saturated heterocycles. The zero-order valence-electron chi connectivity index (χ0n) is 11.8. The SMILES string of the molecule is NC(=O)Nc1cc2cccc(CNc3ccccn3)c2cn1. The molecule has 110 valence electrons. The van der Waals surface area contributed by atoms with Crippen LogP contribution in [-0.4, -0.2) is 16.0 Å².